The first-order valence-corrected chi connectivity index (χ1v) is 16.0. The normalized spacial score (nSPS) is 18.3. The van der Waals surface area contributed by atoms with Gasteiger partial charge in [-0.25, -0.2) is 0 Å². The van der Waals surface area contributed by atoms with E-state index in [9.17, 15) is 18.3 Å². The Hall–Kier alpha value is -4.60. The van der Waals surface area contributed by atoms with Crippen LogP contribution in [0.5, 0.6) is 23.0 Å². The number of ether oxygens (including phenoxy) is 3. The summed E-state index contributed by atoms with van der Waals surface area (Å²) in [5.41, 5.74) is 1.18. The highest BCUT2D eigenvalue weighted by Crippen LogP contribution is 2.46. The lowest BCUT2D eigenvalue weighted by atomic mass is 9.82. The second-order valence-corrected chi connectivity index (χ2v) is 13.6. The number of benzene rings is 4. The highest BCUT2D eigenvalue weighted by Gasteiger charge is 2.47. The van der Waals surface area contributed by atoms with Crippen molar-refractivity contribution in [1.82, 2.24) is 0 Å². The van der Waals surface area contributed by atoms with Crippen LogP contribution in [0.2, 0.25) is 0 Å². The fourth-order valence-electron chi connectivity index (χ4n) is 5.91. The number of aryl methyl sites for hydroxylation is 3. The molecule has 1 N–H and O–H groups in total. The van der Waals surface area contributed by atoms with Crippen molar-refractivity contribution in [2.45, 2.75) is 57.3 Å². The van der Waals surface area contributed by atoms with Crippen molar-refractivity contribution < 1.29 is 36.7 Å². The average Bonchev–Trinajstić information content (AvgIpc) is 2.97. The minimum atomic E-state index is -4.22. The van der Waals surface area contributed by atoms with Gasteiger partial charge in [0.05, 0.1) is 11.1 Å². The number of Topliss-reactive ketones (excluding diaryl/α,β-unsaturated/α-hetero) is 1. The quantitative estimate of drug-likeness (QED) is 0.229. The van der Waals surface area contributed by atoms with Gasteiger partial charge in [0.15, 0.2) is 5.60 Å². The van der Waals surface area contributed by atoms with E-state index in [0.717, 1.165) is 11.1 Å². The zero-order valence-electron chi connectivity index (χ0n) is 25.7. The molecule has 0 amide bonds. The lowest BCUT2D eigenvalue weighted by Crippen LogP contribution is -2.45. The number of hydrogen-bond donors (Lipinski definition) is 1. The van der Waals surface area contributed by atoms with Gasteiger partial charge in [0.1, 0.15) is 46.7 Å². The number of fused-ring (bicyclic) bond motifs is 3. The maximum Gasteiger partial charge on any atom is 0.339 e. The molecule has 232 valence electrons. The van der Waals surface area contributed by atoms with E-state index in [0.29, 0.717) is 28.2 Å². The molecule has 2 heterocycles. The summed E-state index contributed by atoms with van der Waals surface area (Å²) in [6.45, 7) is 8.88. The maximum atomic E-state index is 14.0. The van der Waals surface area contributed by atoms with Gasteiger partial charge in [-0.3, -0.25) is 4.79 Å². The minimum absolute atomic E-state index is 0.0340. The van der Waals surface area contributed by atoms with Crippen molar-refractivity contribution in [2.75, 3.05) is 6.61 Å². The highest BCUT2D eigenvalue weighted by atomic mass is 32.2. The van der Waals surface area contributed by atoms with Gasteiger partial charge in [-0.2, -0.15) is 8.42 Å². The summed E-state index contributed by atoms with van der Waals surface area (Å²) in [6.07, 6.45) is 3.74. The summed E-state index contributed by atoms with van der Waals surface area (Å²) in [6, 6.07) is 20.4. The van der Waals surface area contributed by atoms with Gasteiger partial charge in [-0.05, 0) is 87.7 Å². The summed E-state index contributed by atoms with van der Waals surface area (Å²) in [5.74, 6) is 0.369. The summed E-state index contributed by atoms with van der Waals surface area (Å²) in [5, 5.41) is 12.0. The Balaban J connectivity index is 1.39. The molecule has 45 heavy (non-hydrogen) atoms. The van der Waals surface area contributed by atoms with E-state index in [-0.39, 0.29) is 34.1 Å². The molecule has 1 atom stereocenters. The van der Waals surface area contributed by atoms with Crippen LogP contribution in [-0.4, -0.2) is 31.5 Å². The molecule has 0 fully saturated rings. The topological polar surface area (TPSA) is 108 Å². The number of aliphatic hydroxyl groups is 1. The third-order valence-electron chi connectivity index (χ3n) is 7.92. The van der Waals surface area contributed by atoms with Crippen LogP contribution in [0.4, 0.5) is 0 Å². The summed E-state index contributed by atoms with van der Waals surface area (Å²) in [4.78, 5) is 14.1. The zero-order valence-corrected chi connectivity index (χ0v) is 26.5. The van der Waals surface area contributed by atoms with Gasteiger partial charge >= 0.3 is 10.1 Å². The van der Waals surface area contributed by atoms with E-state index in [1.165, 1.54) is 18.2 Å². The molecule has 0 radical (unpaired) electrons. The van der Waals surface area contributed by atoms with Crippen molar-refractivity contribution in [2.24, 2.45) is 0 Å². The van der Waals surface area contributed by atoms with Crippen LogP contribution in [0.25, 0.3) is 6.08 Å². The van der Waals surface area contributed by atoms with Crippen molar-refractivity contribution in [3.63, 3.8) is 0 Å². The number of carbonyl (C=O) groups is 1. The molecule has 9 heteroatoms. The van der Waals surface area contributed by atoms with E-state index in [2.05, 4.69) is 0 Å². The molecule has 0 aromatic heterocycles. The molecule has 0 spiro atoms. The van der Waals surface area contributed by atoms with Crippen molar-refractivity contribution in [1.29, 1.82) is 0 Å². The van der Waals surface area contributed by atoms with Gasteiger partial charge in [0, 0.05) is 11.6 Å². The van der Waals surface area contributed by atoms with E-state index >= 15 is 0 Å². The number of hydrogen-bond acceptors (Lipinski definition) is 8. The molecule has 0 saturated carbocycles. The molecule has 0 bridgehead atoms. The zero-order chi connectivity index (χ0) is 32.1. The number of ketones is 1. The minimum Gasteiger partial charge on any atom is -0.488 e. The van der Waals surface area contributed by atoms with Gasteiger partial charge in [0.25, 0.3) is 0 Å². The van der Waals surface area contributed by atoms with Crippen molar-refractivity contribution in [3.8, 4) is 23.0 Å². The van der Waals surface area contributed by atoms with E-state index in [4.69, 9.17) is 18.4 Å². The molecule has 2 aliphatic heterocycles. The maximum absolute atomic E-state index is 14.0. The third-order valence-corrected chi connectivity index (χ3v) is 9.48. The van der Waals surface area contributed by atoms with Crippen LogP contribution in [0, 0.1) is 20.8 Å². The molecule has 1 unspecified atom stereocenters. The Morgan fingerprint density at radius 2 is 1.64 bits per heavy atom. The van der Waals surface area contributed by atoms with E-state index in [1.807, 2.05) is 63.3 Å². The molecule has 0 saturated heterocycles. The predicted molar refractivity (Wildman–Crippen MR) is 170 cm³/mol. The van der Waals surface area contributed by atoms with Crippen LogP contribution in [-0.2, 0) is 22.3 Å². The fourth-order valence-corrected chi connectivity index (χ4v) is 7.26. The highest BCUT2D eigenvalue weighted by molar-refractivity contribution is 7.87. The molecular weight excluding hydrogens is 592 g/mol. The van der Waals surface area contributed by atoms with Crippen molar-refractivity contribution in [3.05, 3.63) is 118 Å². The molecule has 2 aliphatic rings. The van der Waals surface area contributed by atoms with Crippen LogP contribution < -0.4 is 18.4 Å². The summed E-state index contributed by atoms with van der Waals surface area (Å²) in [7, 11) is -4.22. The Morgan fingerprint density at radius 3 is 2.36 bits per heavy atom. The first-order chi connectivity index (χ1) is 21.3. The molecule has 8 nitrogen and oxygen atoms in total. The lowest BCUT2D eigenvalue weighted by molar-refractivity contribution is -0.00691. The van der Waals surface area contributed by atoms with E-state index in [1.54, 1.807) is 38.1 Å². The van der Waals surface area contributed by atoms with Gasteiger partial charge in [-0.15, -0.1) is 0 Å². The average molecular weight is 627 g/mol. The smallest absolute Gasteiger partial charge is 0.339 e. The molecule has 0 aliphatic carbocycles. The summed E-state index contributed by atoms with van der Waals surface area (Å²) < 4.78 is 50.7. The molecule has 4 aromatic carbocycles. The van der Waals surface area contributed by atoms with Gasteiger partial charge in [0.2, 0.25) is 5.78 Å². The molecule has 4 aromatic rings. The van der Waals surface area contributed by atoms with Crippen LogP contribution >= 0.6 is 0 Å². The molecule has 6 rings (SSSR count). The second kappa shape index (κ2) is 11.1. The van der Waals surface area contributed by atoms with Crippen LogP contribution in [0.15, 0.2) is 83.8 Å². The summed E-state index contributed by atoms with van der Waals surface area (Å²) >= 11 is 0. The fraction of sp³-hybridized carbons (Fsp3) is 0.250. The van der Waals surface area contributed by atoms with Crippen molar-refractivity contribution >= 4 is 22.0 Å². The SMILES string of the molecule is Cc1cc(C)c(S(=O)(=O)Oc2ccc(C3(O)COc4c(ccc5c4C=CC(C)(C)O5)C3=O)c(OCc3ccccc3)c2)c(C)c1. The van der Waals surface area contributed by atoms with Gasteiger partial charge in [-0.1, -0.05) is 48.0 Å². The standard InChI is InChI=1S/C36H34O8S/c1-22-17-23(2)33(24(3)18-22)45(39,40)44-26-11-13-29(31(19-26)41-20-25-9-7-6-8-10-25)36(38)21-42-32-27-15-16-35(4,5)43-30(27)14-12-28(32)34(36)37/h6-19,38H,20-21H2,1-5H3. The number of carbonyl (C=O) groups excluding carboxylic acids is 1. The Bertz CT molecular complexity index is 1940. The first-order valence-electron chi connectivity index (χ1n) is 14.6. The first kappa shape index (κ1) is 30.4. The van der Waals surface area contributed by atoms with Crippen LogP contribution in [0.3, 0.4) is 0 Å². The number of rotatable bonds is 7. The predicted octanol–water partition coefficient (Wildman–Crippen LogP) is 6.61. The third kappa shape index (κ3) is 5.69. The Morgan fingerprint density at radius 1 is 0.933 bits per heavy atom. The van der Waals surface area contributed by atoms with Crippen LogP contribution in [0.1, 0.15) is 57.6 Å². The Kier molecular flexibility index (Phi) is 7.49. The largest absolute Gasteiger partial charge is 0.488 e. The molecular formula is C36H34O8S. The van der Waals surface area contributed by atoms with E-state index < -0.39 is 33.7 Å². The van der Waals surface area contributed by atoms with Gasteiger partial charge < -0.3 is 23.5 Å². The Labute approximate surface area is 263 Å². The monoisotopic (exact) mass is 626 g/mol. The second-order valence-electron chi connectivity index (χ2n) is 12.1. The lowest BCUT2D eigenvalue weighted by Gasteiger charge is -2.36.